The maximum atomic E-state index is 14.0. The molecule has 2 aliphatic carbocycles. The zero-order valence-corrected chi connectivity index (χ0v) is 23.5. The molecule has 0 unspecified atom stereocenters. The van der Waals surface area contributed by atoms with Crippen LogP contribution in [0.25, 0.3) is 10.9 Å². The van der Waals surface area contributed by atoms with Gasteiger partial charge in [0, 0.05) is 22.1 Å². The summed E-state index contributed by atoms with van der Waals surface area (Å²) in [6, 6.07) is 14.3. The zero-order valence-electron chi connectivity index (χ0n) is 21.9. The summed E-state index contributed by atoms with van der Waals surface area (Å²) in [7, 11) is 0. The normalized spacial score (nSPS) is 20.1. The first-order valence-electron chi connectivity index (χ1n) is 14.0. The van der Waals surface area contributed by atoms with Gasteiger partial charge in [0.05, 0.1) is 23.3 Å². The van der Waals surface area contributed by atoms with E-state index in [2.05, 4.69) is 30.9 Å². The molecule has 2 aromatic carbocycles. The average Bonchev–Trinajstić information content (AvgIpc) is 3.21. The van der Waals surface area contributed by atoms with Gasteiger partial charge in [-0.2, -0.15) is 9.78 Å². The number of anilines is 1. The van der Waals surface area contributed by atoms with Gasteiger partial charge in [0.1, 0.15) is 5.82 Å². The number of rotatable bonds is 5. The lowest BCUT2D eigenvalue weighted by molar-refractivity contribution is -0.113. The molecule has 0 radical (unpaired) electrons. The lowest BCUT2D eigenvalue weighted by Gasteiger charge is -2.43. The van der Waals surface area contributed by atoms with Gasteiger partial charge in [-0.05, 0) is 56.9 Å². The van der Waals surface area contributed by atoms with E-state index in [-0.39, 0.29) is 11.5 Å². The first-order chi connectivity index (χ1) is 18.5. The molecule has 3 aromatic rings. The van der Waals surface area contributed by atoms with Crippen LogP contribution in [0.5, 0.6) is 0 Å². The fraction of sp³-hybridized carbons (Fsp3) is 0.467. The fourth-order valence-electron chi connectivity index (χ4n) is 6.49. The van der Waals surface area contributed by atoms with E-state index in [1.54, 1.807) is 13.0 Å². The van der Waals surface area contributed by atoms with Crippen molar-refractivity contribution in [1.29, 1.82) is 0 Å². The van der Waals surface area contributed by atoms with E-state index in [9.17, 15) is 9.59 Å². The van der Waals surface area contributed by atoms with Crippen molar-refractivity contribution in [3.63, 3.8) is 0 Å². The number of aromatic nitrogens is 2. The van der Waals surface area contributed by atoms with Crippen LogP contribution in [0, 0.1) is 6.92 Å². The van der Waals surface area contributed by atoms with Crippen LogP contribution in [0.1, 0.15) is 75.6 Å². The molecule has 2 heterocycles. The minimum Gasteiger partial charge on any atom is -0.293 e. The van der Waals surface area contributed by atoms with Crippen molar-refractivity contribution in [3.8, 4) is 0 Å². The second-order valence-corrected chi connectivity index (χ2v) is 11.8. The van der Waals surface area contributed by atoms with Crippen molar-refractivity contribution < 1.29 is 4.79 Å². The molecule has 1 aliphatic heterocycles. The maximum Gasteiger partial charge on any atom is 0.282 e. The number of hydrogen-bond acceptors (Lipinski definition) is 5. The average molecular weight is 577 g/mol. The molecule has 0 N–H and O–H groups in total. The van der Waals surface area contributed by atoms with Crippen LogP contribution < -0.4 is 10.5 Å². The molecule has 0 atom stereocenters. The van der Waals surface area contributed by atoms with E-state index in [4.69, 9.17) is 0 Å². The van der Waals surface area contributed by atoms with E-state index >= 15 is 0 Å². The van der Waals surface area contributed by atoms with E-state index in [1.807, 2.05) is 41.3 Å². The summed E-state index contributed by atoms with van der Waals surface area (Å²) in [5.41, 5.74) is 2.27. The number of amides is 1. The summed E-state index contributed by atoms with van der Waals surface area (Å²) >= 11 is 3.45. The molecule has 1 aromatic heterocycles. The summed E-state index contributed by atoms with van der Waals surface area (Å²) in [5, 5.41) is 5.14. The Bertz CT molecular complexity index is 1430. The molecule has 38 heavy (non-hydrogen) atoms. The predicted octanol–water partition coefficient (Wildman–Crippen LogP) is 5.99. The van der Waals surface area contributed by atoms with Crippen LogP contribution in [-0.2, 0) is 4.79 Å². The molecule has 0 spiro atoms. The number of fused-ring (bicyclic) bond motifs is 2. The Morgan fingerprint density at radius 3 is 2.29 bits per heavy atom. The monoisotopic (exact) mass is 575 g/mol. The standard InChI is InChI=1S/C30H34BrN5O2/c1-20-32-26-17-16-21(31)18-25(26)29(37)36(20)33-28-24-14-8-9-15-27(24)35(30(28)38)19-34(22-10-4-2-5-11-22)23-12-6-3-7-13-23/h8-9,14-18,22-23H,2-7,10-13,19H2,1H3/b33-28+. The summed E-state index contributed by atoms with van der Waals surface area (Å²) < 4.78 is 2.08. The topological polar surface area (TPSA) is 70.8 Å². The van der Waals surface area contributed by atoms with Gasteiger partial charge in [-0.25, -0.2) is 4.98 Å². The molecular weight excluding hydrogens is 542 g/mol. The third kappa shape index (κ3) is 4.73. The van der Waals surface area contributed by atoms with E-state index in [1.165, 1.54) is 68.9 Å². The molecule has 6 rings (SSSR count). The lowest BCUT2D eigenvalue weighted by Crippen LogP contribution is -2.51. The van der Waals surface area contributed by atoms with Crippen molar-refractivity contribution in [2.45, 2.75) is 83.2 Å². The highest BCUT2D eigenvalue weighted by molar-refractivity contribution is 9.10. The van der Waals surface area contributed by atoms with Crippen molar-refractivity contribution in [3.05, 3.63) is 68.7 Å². The molecule has 2 saturated carbocycles. The van der Waals surface area contributed by atoms with Gasteiger partial charge in [-0.15, -0.1) is 0 Å². The summed E-state index contributed by atoms with van der Waals surface area (Å²) in [6.45, 7) is 2.32. The zero-order chi connectivity index (χ0) is 26.2. The smallest absolute Gasteiger partial charge is 0.282 e. The van der Waals surface area contributed by atoms with Crippen LogP contribution in [0.4, 0.5) is 5.69 Å². The molecule has 8 heteroatoms. The maximum absolute atomic E-state index is 14.0. The minimum atomic E-state index is -0.281. The largest absolute Gasteiger partial charge is 0.293 e. The summed E-state index contributed by atoms with van der Waals surface area (Å²) in [4.78, 5) is 36.6. The van der Waals surface area contributed by atoms with Crippen molar-refractivity contribution >= 4 is 44.1 Å². The minimum absolute atomic E-state index is 0.150. The highest BCUT2D eigenvalue weighted by Gasteiger charge is 2.38. The van der Waals surface area contributed by atoms with Gasteiger partial charge < -0.3 is 0 Å². The highest BCUT2D eigenvalue weighted by Crippen LogP contribution is 2.34. The van der Waals surface area contributed by atoms with Crippen LogP contribution in [0.3, 0.4) is 0 Å². The molecule has 0 bridgehead atoms. The SMILES string of the molecule is Cc1nc2ccc(Br)cc2c(=O)n1/N=C1/C(=O)N(CN(C2CCCCC2)C2CCCCC2)c2ccccc21. The highest BCUT2D eigenvalue weighted by atomic mass is 79.9. The number of carbonyl (C=O) groups is 1. The number of para-hydroxylation sites is 1. The lowest BCUT2D eigenvalue weighted by atomic mass is 9.89. The Morgan fingerprint density at radius 2 is 1.61 bits per heavy atom. The van der Waals surface area contributed by atoms with Gasteiger partial charge in [-0.3, -0.25) is 19.4 Å². The Labute approximate surface area is 231 Å². The van der Waals surface area contributed by atoms with Gasteiger partial charge in [0.15, 0.2) is 5.71 Å². The van der Waals surface area contributed by atoms with Crippen LogP contribution in [0.2, 0.25) is 0 Å². The van der Waals surface area contributed by atoms with Crippen LogP contribution >= 0.6 is 15.9 Å². The van der Waals surface area contributed by atoms with E-state index in [0.29, 0.717) is 41.2 Å². The summed E-state index contributed by atoms with van der Waals surface area (Å²) in [5.74, 6) is 0.301. The number of carbonyl (C=O) groups excluding carboxylic acids is 1. The Balaban J connectivity index is 1.39. The first-order valence-corrected chi connectivity index (χ1v) is 14.8. The molecule has 198 valence electrons. The summed E-state index contributed by atoms with van der Waals surface area (Å²) in [6.07, 6.45) is 12.5. The molecule has 2 fully saturated rings. The fourth-order valence-corrected chi connectivity index (χ4v) is 6.86. The quantitative estimate of drug-likeness (QED) is 0.374. The molecule has 7 nitrogen and oxygen atoms in total. The van der Waals surface area contributed by atoms with Gasteiger partial charge in [0.25, 0.3) is 11.5 Å². The van der Waals surface area contributed by atoms with Crippen LogP contribution in [-0.4, -0.2) is 44.9 Å². The first kappa shape index (κ1) is 25.4. The van der Waals surface area contributed by atoms with E-state index in [0.717, 1.165) is 15.7 Å². The predicted molar refractivity (Wildman–Crippen MR) is 155 cm³/mol. The number of nitrogens with zero attached hydrogens (tertiary/aromatic N) is 5. The molecular formula is C30H34BrN5O2. The third-order valence-corrected chi connectivity index (χ3v) is 8.95. The Morgan fingerprint density at radius 1 is 0.947 bits per heavy atom. The van der Waals surface area contributed by atoms with Crippen molar-refractivity contribution in [2.75, 3.05) is 11.6 Å². The number of aryl methyl sites for hydroxylation is 1. The molecule has 3 aliphatic rings. The Hall–Kier alpha value is -2.84. The number of halogens is 1. The third-order valence-electron chi connectivity index (χ3n) is 8.46. The van der Waals surface area contributed by atoms with Crippen LogP contribution in [0.15, 0.2) is 56.8 Å². The number of benzene rings is 2. The Kier molecular flexibility index (Phi) is 7.18. The van der Waals surface area contributed by atoms with Crippen molar-refractivity contribution in [1.82, 2.24) is 14.6 Å². The second kappa shape index (κ2) is 10.7. The molecule has 1 amide bonds. The van der Waals surface area contributed by atoms with E-state index < -0.39 is 0 Å². The van der Waals surface area contributed by atoms with Gasteiger partial charge >= 0.3 is 0 Å². The van der Waals surface area contributed by atoms with Gasteiger partial charge in [0.2, 0.25) is 0 Å². The number of hydrogen-bond donors (Lipinski definition) is 0. The van der Waals surface area contributed by atoms with Crippen molar-refractivity contribution in [2.24, 2.45) is 5.10 Å². The second-order valence-electron chi connectivity index (χ2n) is 10.9. The van der Waals surface area contributed by atoms with Gasteiger partial charge in [-0.1, -0.05) is 72.7 Å². The molecule has 0 saturated heterocycles.